The van der Waals surface area contributed by atoms with Crippen LogP contribution in [0.1, 0.15) is 75.8 Å². The molecule has 0 amide bonds. The number of hydrogen-bond acceptors (Lipinski definition) is 3. The molecule has 0 fully saturated rings. The normalized spacial score (nSPS) is 11.5. The number of carboxylic acids is 1. The fourth-order valence-corrected chi connectivity index (χ4v) is 3.83. The SMILES string of the molecule is CCCCCCCCCCC(C(=O)O)(c1ccc(O)cc1)c1ccc(O)cc1. The van der Waals surface area contributed by atoms with Crippen molar-refractivity contribution in [3.63, 3.8) is 0 Å². The second-order valence-corrected chi connectivity index (χ2v) is 7.53. The van der Waals surface area contributed by atoms with Crippen LogP contribution >= 0.6 is 0 Å². The van der Waals surface area contributed by atoms with E-state index in [1.165, 1.54) is 56.4 Å². The monoisotopic (exact) mass is 384 g/mol. The molecule has 0 aromatic heterocycles. The summed E-state index contributed by atoms with van der Waals surface area (Å²) in [4.78, 5) is 12.5. The average molecular weight is 385 g/mol. The van der Waals surface area contributed by atoms with Crippen LogP contribution < -0.4 is 0 Å². The third kappa shape index (κ3) is 5.51. The largest absolute Gasteiger partial charge is 0.508 e. The Kier molecular flexibility index (Phi) is 8.37. The Morgan fingerprint density at radius 2 is 1.11 bits per heavy atom. The lowest BCUT2D eigenvalue weighted by atomic mass is 9.71. The van der Waals surface area contributed by atoms with E-state index in [1.807, 2.05) is 0 Å². The molecule has 0 aliphatic carbocycles. The van der Waals surface area contributed by atoms with Crippen molar-refractivity contribution in [2.45, 2.75) is 70.1 Å². The van der Waals surface area contributed by atoms with Crippen molar-refractivity contribution in [2.75, 3.05) is 0 Å². The van der Waals surface area contributed by atoms with Gasteiger partial charge in [0.15, 0.2) is 0 Å². The first-order chi connectivity index (χ1) is 13.5. The van der Waals surface area contributed by atoms with Crippen LogP contribution in [0.15, 0.2) is 48.5 Å². The molecule has 152 valence electrons. The highest BCUT2D eigenvalue weighted by molar-refractivity contribution is 5.86. The summed E-state index contributed by atoms with van der Waals surface area (Å²) in [6.45, 7) is 2.21. The Balaban J connectivity index is 2.17. The van der Waals surface area contributed by atoms with E-state index in [9.17, 15) is 20.1 Å². The Bertz CT molecular complexity index is 674. The van der Waals surface area contributed by atoms with Gasteiger partial charge in [0.05, 0.1) is 0 Å². The van der Waals surface area contributed by atoms with E-state index in [-0.39, 0.29) is 11.5 Å². The number of unbranched alkanes of at least 4 members (excludes halogenated alkanes) is 7. The fourth-order valence-electron chi connectivity index (χ4n) is 3.83. The predicted octanol–water partition coefficient (Wildman–Crippen LogP) is 6.00. The molecule has 0 bridgehead atoms. The van der Waals surface area contributed by atoms with Crippen molar-refractivity contribution in [1.29, 1.82) is 0 Å². The molecule has 0 atom stereocenters. The molecule has 0 radical (unpaired) electrons. The summed E-state index contributed by atoms with van der Waals surface area (Å²) in [6, 6.07) is 12.8. The molecule has 0 aliphatic rings. The zero-order chi connectivity index (χ0) is 20.4. The molecule has 2 aromatic carbocycles. The summed E-state index contributed by atoms with van der Waals surface area (Å²) in [6.07, 6.45) is 9.63. The van der Waals surface area contributed by atoms with Gasteiger partial charge in [0, 0.05) is 0 Å². The molecule has 2 rings (SSSR count). The Hall–Kier alpha value is -2.49. The molecule has 2 aromatic rings. The number of carboxylic acid groups (broad SMARTS) is 1. The van der Waals surface area contributed by atoms with E-state index in [0.717, 1.165) is 19.3 Å². The maximum atomic E-state index is 12.5. The molecule has 0 unspecified atom stereocenters. The van der Waals surface area contributed by atoms with Crippen LogP contribution in [-0.4, -0.2) is 21.3 Å². The third-order valence-electron chi connectivity index (χ3n) is 5.49. The van der Waals surface area contributed by atoms with Crippen LogP contribution in [0.25, 0.3) is 0 Å². The minimum Gasteiger partial charge on any atom is -0.508 e. The molecule has 4 nitrogen and oxygen atoms in total. The van der Waals surface area contributed by atoms with Crippen LogP contribution in [0.2, 0.25) is 0 Å². The number of carbonyl (C=O) groups is 1. The molecule has 0 saturated carbocycles. The fraction of sp³-hybridized carbons (Fsp3) is 0.458. The highest BCUT2D eigenvalue weighted by Crippen LogP contribution is 2.39. The minimum absolute atomic E-state index is 0.112. The minimum atomic E-state index is -1.19. The first-order valence-corrected chi connectivity index (χ1v) is 10.3. The van der Waals surface area contributed by atoms with Gasteiger partial charge in [-0.15, -0.1) is 0 Å². The van der Waals surface area contributed by atoms with Gasteiger partial charge in [0.2, 0.25) is 0 Å². The van der Waals surface area contributed by atoms with Crippen LogP contribution in [0, 0.1) is 0 Å². The molecule has 0 heterocycles. The van der Waals surface area contributed by atoms with E-state index in [4.69, 9.17) is 0 Å². The summed E-state index contributed by atoms with van der Waals surface area (Å²) in [5.74, 6) is -0.687. The lowest BCUT2D eigenvalue weighted by Gasteiger charge is -2.31. The van der Waals surface area contributed by atoms with E-state index in [0.29, 0.717) is 17.5 Å². The number of phenolic OH excluding ortho intramolecular Hbond substituents is 2. The van der Waals surface area contributed by atoms with Gasteiger partial charge in [-0.3, -0.25) is 4.79 Å². The summed E-state index contributed by atoms with van der Waals surface area (Å²) >= 11 is 0. The Morgan fingerprint density at radius 3 is 1.50 bits per heavy atom. The van der Waals surface area contributed by atoms with Gasteiger partial charge >= 0.3 is 5.97 Å². The molecule has 0 spiro atoms. The van der Waals surface area contributed by atoms with Gasteiger partial charge in [-0.05, 0) is 41.8 Å². The van der Waals surface area contributed by atoms with Crippen molar-refractivity contribution in [3.05, 3.63) is 59.7 Å². The van der Waals surface area contributed by atoms with Gasteiger partial charge in [-0.25, -0.2) is 0 Å². The predicted molar refractivity (Wildman–Crippen MR) is 112 cm³/mol. The van der Waals surface area contributed by atoms with Gasteiger partial charge in [-0.2, -0.15) is 0 Å². The van der Waals surface area contributed by atoms with Crippen LogP contribution in [0.4, 0.5) is 0 Å². The second-order valence-electron chi connectivity index (χ2n) is 7.53. The van der Waals surface area contributed by atoms with Crippen molar-refractivity contribution in [1.82, 2.24) is 0 Å². The van der Waals surface area contributed by atoms with Crippen LogP contribution in [-0.2, 0) is 10.2 Å². The maximum absolute atomic E-state index is 12.5. The van der Waals surface area contributed by atoms with E-state index in [2.05, 4.69) is 6.92 Å². The van der Waals surface area contributed by atoms with Gasteiger partial charge < -0.3 is 15.3 Å². The third-order valence-corrected chi connectivity index (χ3v) is 5.49. The number of aliphatic carboxylic acids is 1. The second kappa shape index (κ2) is 10.7. The van der Waals surface area contributed by atoms with Crippen molar-refractivity contribution >= 4 is 5.97 Å². The Labute approximate surface area is 167 Å². The summed E-state index contributed by atoms with van der Waals surface area (Å²) < 4.78 is 0. The number of aromatic hydroxyl groups is 2. The van der Waals surface area contributed by atoms with E-state index >= 15 is 0 Å². The molecule has 3 N–H and O–H groups in total. The van der Waals surface area contributed by atoms with Crippen molar-refractivity contribution in [2.24, 2.45) is 0 Å². The summed E-state index contributed by atoms with van der Waals surface area (Å²) in [5.41, 5.74) is 0.0988. The highest BCUT2D eigenvalue weighted by Gasteiger charge is 2.41. The number of phenols is 2. The van der Waals surface area contributed by atoms with Gasteiger partial charge in [0.25, 0.3) is 0 Å². The average Bonchev–Trinajstić information content (AvgIpc) is 2.68. The summed E-state index contributed by atoms with van der Waals surface area (Å²) in [7, 11) is 0. The van der Waals surface area contributed by atoms with Gasteiger partial charge in [0.1, 0.15) is 16.9 Å². The molecule has 0 aliphatic heterocycles. The number of benzene rings is 2. The molecular weight excluding hydrogens is 352 g/mol. The number of rotatable bonds is 12. The van der Waals surface area contributed by atoms with Crippen molar-refractivity contribution in [3.8, 4) is 11.5 Å². The lowest BCUT2D eigenvalue weighted by molar-refractivity contribution is -0.142. The molecule has 0 saturated heterocycles. The lowest BCUT2D eigenvalue weighted by Crippen LogP contribution is -2.37. The topological polar surface area (TPSA) is 77.8 Å². The first kappa shape index (κ1) is 21.8. The Morgan fingerprint density at radius 1 is 0.714 bits per heavy atom. The van der Waals surface area contributed by atoms with Crippen LogP contribution in [0.3, 0.4) is 0 Å². The quantitative estimate of drug-likeness (QED) is 0.392. The first-order valence-electron chi connectivity index (χ1n) is 10.3. The number of hydrogen-bond donors (Lipinski definition) is 3. The highest BCUT2D eigenvalue weighted by atomic mass is 16.4. The molecule has 28 heavy (non-hydrogen) atoms. The van der Waals surface area contributed by atoms with E-state index in [1.54, 1.807) is 24.3 Å². The van der Waals surface area contributed by atoms with E-state index < -0.39 is 11.4 Å². The van der Waals surface area contributed by atoms with Crippen LogP contribution in [0.5, 0.6) is 11.5 Å². The molecular formula is C24H32O4. The zero-order valence-corrected chi connectivity index (χ0v) is 16.7. The van der Waals surface area contributed by atoms with Crippen molar-refractivity contribution < 1.29 is 20.1 Å². The summed E-state index contributed by atoms with van der Waals surface area (Å²) in [5, 5.41) is 29.5. The maximum Gasteiger partial charge on any atom is 0.318 e. The van der Waals surface area contributed by atoms with Gasteiger partial charge in [-0.1, -0.05) is 82.6 Å². The zero-order valence-electron chi connectivity index (χ0n) is 16.7. The standard InChI is InChI=1S/C24H32O4/c1-2-3-4-5-6-7-8-9-18-24(23(27)28,19-10-14-21(25)15-11-19)20-12-16-22(26)17-13-20/h10-17,25-26H,2-9,18H2,1H3,(H,27,28). The molecule has 4 heteroatoms. The smallest absolute Gasteiger partial charge is 0.318 e.